The van der Waals surface area contributed by atoms with E-state index in [0.717, 1.165) is 5.69 Å². The number of aryl methyl sites for hydroxylation is 1. The molecule has 0 saturated carbocycles. The van der Waals surface area contributed by atoms with Gasteiger partial charge in [-0.25, -0.2) is 8.42 Å². The van der Waals surface area contributed by atoms with Gasteiger partial charge in [-0.2, -0.15) is 4.83 Å². The first-order valence-corrected chi connectivity index (χ1v) is 4.69. The maximum absolute atomic E-state index is 11.0. The van der Waals surface area contributed by atoms with E-state index in [0.29, 0.717) is 0 Å². The highest BCUT2D eigenvalue weighted by Crippen LogP contribution is 2.05. The van der Waals surface area contributed by atoms with Crippen molar-refractivity contribution in [2.75, 3.05) is 0 Å². The molecular formula is C6H9N3O2S. The van der Waals surface area contributed by atoms with Gasteiger partial charge in [0.1, 0.15) is 4.90 Å². The Bertz CT molecular complexity index is 357. The summed E-state index contributed by atoms with van der Waals surface area (Å²) in [6.07, 6.45) is 1.25. The van der Waals surface area contributed by atoms with Crippen LogP contribution in [-0.4, -0.2) is 13.4 Å². The lowest BCUT2D eigenvalue weighted by molar-refractivity contribution is 0.583. The van der Waals surface area contributed by atoms with E-state index >= 15 is 0 Å². The molecule has 0 fully saturated rings. The minimum absolute atomic E-state index is 0.0654. The van der Waals surface area contributed by atoms with Crippen molar-refractivity contribution in [2.45, 2.75) is 11.8 Å². The number of aromatic nitrogens is 1. The van der Waals surface area contributed by atoms with E-state index in [4.69, 9.17) is 5.84 Å². The topological polar surface area (TPSA) is 85.1 Å². The van der Waals surface area contributed by atoms with Gasteiger partial charge < -0.3 is 0 Å². The summed E-state index contributed by atoms with van der Waals surface area (Å²) in [5, 5.41) is 0. The Morgan fingerprint density at radius 3 is 2.58 bits per heavy atom. The molecular weight excluding hydrogens is 178 g/mol. The highest BCUT2D eigenvalue weighted by Gasteiger charge is 2.10. The lowest BCUT2D eigenvalue weighted by Gasteiger charge is -2.00. The molecule has 0 radical (unpaired) electrons. The Morgan fingerprint density at radius 2 is 2.17 bits per heavy atom. The Morgan fingerprint density at radius 1 is 1.50 bits per heavy atom. The summed E-state index contributed by atoms with van der Waals surface area (Å²) < 4.78 is 22.1. The Labute approximate surface area is 70.6 Å². The van der Waals surface area contributed by atoms with E-state index < -0.39 is 10.0 Å². The van der Waals surface area contributed by atoms with E-state index in [9.17, 15) is 8.42 Å². The average Bonchev–Trinajstić information content (AvgIpc) is 2.05. The zero-order valence-corrected chi connectivity index (χ0v) is 7.30. The van der Waals surface area contributed by atoms with Gasteiger partial charge in [0.15, 0.2) is 0 Å². The first kappa shape index (κ1) is 9.11. The highest BCUT2D eigenvalue weighted by atomic mass is 32.2. The van der Waals surface area contributed by atoms with Gasteiger partial charge in [0, 0.05) is 11.9 Å². The normalized spacial score (nSPS) is 11.5. The Hall–Kier alpha value is -0.980. The summed E-state index contributed by atoms with van der Waals surface area (Å²) in [6.45, 7) is 1.77. The summed E-state index contributed by atoms with van der Waals surface area (Å²) in [5.74, 6) is 4.81. The van der Waals surface area contributed by atoms with Crippen LogP contribution in [-0.2, 0) is 10.0 Å². The molecule has 5 nitrogen and oxygen atoms in total. The first-order chi connectivity index (χ1) is 5.56. The molecule has 0 spiro atoms. The van der Waals surface area contributed by atoms with E-state index in [2.05, 4.69) is 4.98 Å². The molecule has 1 aromatic heterocycles. The lowest BCUT2D eigenvalue weighted by atomic mass is 10.4. The zero-order chi connectivity index (χ0) is 9.19. The summed E-state index contributed by atoms with van der Waals surface area (Å²) >= 11 is 0. The van der Waals surface area contributed by atoms with Gasteiger partial charge in [0.25, 0.3) is 10.0 Å². The van der Waals surface area contributed by atoms with Crippen LogP contribution in [0, 0.1) is 6.92 Å². The Kier molecular flexibility index (Phi) is 2.41. The van der Waals surface area contributed by atoms with Crippen LogP contribution in [0.3, 0.4) is 0 Å². The summed E-state index contributed by atoms with van der Waals surface area (Å²) in [6, 6.07) is 3.04. The number of hydrogen-bond acceptors (Lipinski definition) is 4. The SMILES string of the molecule is Cc1ccc(S(=O)(=O)NN)cn1. The molecule has 66 valence electrons. The number of hydrogen-bond donors (Lipinski definition) is 2. The monoisotopic (exact) mass is 187 g/mol. The fourth-order valence-electron chi connectivity index (χ4n) is 0.681. The smallest absolute Gasteiger partial charge is 0.254 e. The van der Waals surface area contributed by atoms with Crippen molar-refractivity contribution in [3.8, 4) is 0 Å². The van der Waals surface area contributed by atoms with Gasteiger partial charge in [-0.3, -0.25) is 10.8 Å². The van der Waals surface area contributed by atoms with Gasteiger partial charge in [0.05, 0.1) is 0 Å². The summed E-state index contributed by atoms with van der Waals surface area (Å²) in [5.41, 5.74) is 0.756. The van der Waals surface area contributed by atoms with Crippen molar-refractivity contribution in [1.29, 1.82) is 0 Å². The number of nitrogens with zero attached hydrogens (tertiary/aromatic N) is 1. The second kappa shape index (κ2) is 3.18. The maximum Gasteiger partial charge on any atom is 0.254 e. The quantitative estimate of drug-likeness (QED) is 0.484. The van der Waals surface area contributed by atoms with E-state index in [1.165, 1.54) is 12.3 Å². The molecule has 0 atom stereocenters. The van der Waals surface area contributed by atoms with Crippen molar-refractivity contribution < 1.29 is 8.42 Å². The fourth-order valence-corrected chi connectivity index (χ4v) is 1.26. The van der Waals surface area contributed by atoms with Crippen molar-refractivity contribution in [2.24, 2.45) is 5.84 Å². The second-order valence-electron chi connectivity index (χ2n) is 2.26. The third-order valence-electron chi connectivity index (χ3n) is 1.35. The standard InChI is InChI=1S/C6H9N3O2S/c1-5-2-3-6(4-8-5)12(10,11)9-7/h2-4,9H,7H2,1H3. The predicted molar refractivity (Wildman–Crippen MR) is 43.5 cm³/mol. The van der Waals surface area contributed by atoms with Crippen LogP contribution in [0.4, 0.5) is 0 Å². The van der Waals surface area contributed by atoms with Crippen LogP contribution in [0.25, 0.3) is 0 Å². The third kappa shape index (κ3) is 1.79. The van der Waals surface area contributed by atoms with Crippen LogP contribution in [0.15, 0.2) is 23.2 Å². The first-order valence-electron chi connectivity index (χ1n) is 3.21. The van der Waals surface area contributed by atoms with E-state index in [1.807, 2.05) is 0 Å². The van der Waals surface area contributed by atoms with Gasteiger partial charge in [0.2, 0.25) is 0 Å². The third-order valence-corrected chi connectivity index (χ3v) is 2.52. The number of hydrazine groups is 1. The zero-order valence-electron chi connectivity index (χ0n) is 6.48. The fraction of sp³-hybridized carbons (Fsp3) is 0.167. The molecule has 0 bridgehead atoms. The number of rotatable bonds is 2. The van der Waals surface area contributed by atoms with Crippen LogP contribution in [0.1, 0.15) is 5.69 Å². The molecule has 3 N–H and O–H groups in total. The molecule has 0 unspecified atom stereocenters. The number of nitrogens with two attached hydrogens (primary N) is 1. The van der Waals surface area contributed by atoms with Crippen molar-refractivity contribution in [1.82, 2.24) is 9.82 Å². The minimum atomic E-state index is -3.55. The molecule has 0 aromatic carbocycles. The highest BCUT2D eigenvalue weighted by molar-refractivity contribution is 7.89. The van der Waals surface area contributed by atoms with Gasteiger partial charge in [-0.05, 0) is 19.1 Å². The van der Waals surface area contributed by atoms with Gasteiger partial charge in [-0.15, -0.1) is 0 Å². The summed E-state index contributed by atoms with van der Waals surface area (Å²) in [7, 11) is -3.55. The van der Waals surface area contributed by atoms with E-state index in [-0.39, 0.29) is 4.90 Å². The lowest BCUT2D eigenvalue weighted by Crippen LogP contribution is -2.30. The van der Waals surface area contributed by atoms with Gasteiger partial charge in [-0.1, -0.05) is 0 Å². The molecule has 1 aromatic rings. The van der Waals surface area contributed by atoms with Crippen molar-refractivity contribution >= 4 is 10.0 Å². The Balaban J connectivity index is 3.14. The molecule has 12 heavy (non-hydrogen) atoms. The van der Waals surface area contributed by atoms with Crippen LogP contribution in [0.2, 0.25) is 0 Å². The van der Waals surface area contributed by atoms with E-state index in [1.54, 1.807) is 17.8 Å². The molecule has 0 aliphatic carbocycles. The molecule has 1 rings (SSSR count). The summed E-state index contributed by atoms with van der Waals surface area (Å²) in [4.78, 5) is 5.59. The van der Waals surface area contributed by atoms with Gasteiger partial charge >= 0.3 is 0 Å². The molecule has 0 aliphatic rings. The van der Waals surface area contributed by atoms with Crippen molar-refractivity contribution in [3.63, 3.8) is 0 Å². The number of sulfonamides is 1. The largest absolute Gasteiger partial charge is 0.260 e. The molecule has 0 saturated heterocycles. The van der Waals surface area contributed by atoms with Crippen LogP contribution in [0.5, 0.6) is 0 Å². The molecule has 0 aliphatic heterocycles. The van der Waals surface area contributed by atoms with Crippen molar-refractivity contribution in [3.05, 3.63) is 24.0 Å². The molecule has 0 amide bonds. The second-order valence-corrected chi connectivity index (χ2v) is 3.97. The number of pyridine rings is 1. The predicted octanol–water partition coefficient (Wildman–Crippen LogP) is -0.458. The maximum atomic E-state index is 11.0. The average molecular weight is 187 g/mol. The number of nitrogens with one attached hydrogen (secondary N) is 1. The van der Waals surface area contributed by atoms with Crippen LogP contribution < -0.4 is 10.7 Å². The minimum Gasteiger partial charge on any atom is -0.260 e. The molecule has 6 heteroatoms. The van der Waals surface area contributed by atoms with Crippen LogP contribution >= 0.6 is 0 Å². The molecule has 1 heterocycles.